The van der Waals surface area contributed by atoms with E-state index in [0.717, 1.165) is 37.5 Å². The summed E-state index contributed by atoms with van der Waals surface area (Å²) in [7, 11) is 2.16. The van der Waals surface area contributed by atoms with Crippen LogP contribution >= 0.6 is 0 Å². The number of nitrogens with zero attached hydrogens (tertiary/aromatic N) is 1. The summed E-state index contributed by atoms with van der Waals surface area (Å²) < 4.78 is 11.9. The molecule has 1 aliphatic heterocycles. The summed E-state index contributed by atoms with van der Waals surface area (Å²) in [6.07, 6.45) is 8.28. The van der Waals surface area contributed by atoms with Gasteiger partial charge in [-0.1, -0.05) is 18.2 Å². The van der Waals surface area contributed by atoms with E-state index >= 15 is 0 Å². The SMILES string of the molecule is CCOc1ccc([C@@]23C=C[C@H](O)C[C@@H]2N(C)CC3)cc1OCC1CC1. The second-order valence-electron chi connectivity index (χ2n) is 7.80. The molecule has 1 saturated carbocycles. The van der Waals surface area contributed by atoms with E-state index in [2.05, 4.69) is 36.2 Å². The lowest BCUT2D eigenvalue weighted by Gasteiger charge is -2.39. The Hall–Kier alpha value is -1.52. The van der Waals surface area contributed by atoms with Crippen LogP contribution in [0.5, 0.6) is 11.5 Å². The molecule has 1 heterocycles. The fourth-order valence-corrected chi connectivity index (χ4v) is 4.36. The van der Waals surface area contributed by atoms with Crippen molar-refractivity contribution in [1.29, 1.82) is 0 Å². The molecule has 4 rings (SSSR count). The minimum atomic E-state index is -0.341. The zero-order chi connectivity index (χ0) is 17.4. The maximum atomic E-state index is 10.1. The topological polar surface area (TPSA) is 41.9 Å². The van der Waals surface area contributed by atoms with Crippen molar-refractivity contribution in [2.24, 2.45) is 5.92 Å². The van der Waals surface area contributed by atoms with Crippen LogP contribution < -0.4 is 9.47 Å². The van der Waals surface area contributed by atoms with Crippen LogP contribution in [0.25, 0.3) is 0 Å². The van der Waals surface area contributed by atoms with Crippen molar-refractivity contribution in [1.82, 2.24) is 4.90 Å². The van der Waals surface area contributed by atoms with Gasteiger partial charge < -0.3 is 19.5 Å². The van der Waals surface area contributed by atoms with E-state index in [4.69, 9.17) is 9.47 Å². The van der Waals surface area contributed by atoms with Crippen molar-refractivity contribution in [3.63, 3.8) is 0 Å². The molecule has 3 aliphatic rings. The third kappa shape index (κ3) is 3.18. The molecule has 136 valence electrons. The van der Waals surface area contributed by atoms with E-state index in [0.29, 0.717) is 18.6 Å². The van der Waals surface area contributed by atoms with Gasteiger partial charge in [0.15, 0.2) is 11.5 Å². The van der Waals surface area contributed by atoms with Gasteiger partial charge in [0.25, 0.3) is 0 Å². The van der Waals surface area contributed by atoms with Crippen molar-refractivity contribution in [3.05, 3.63) is 35.9 Å². The number of likely N-dealkylation sites (tertiary alicyclic amines) is 1. The zero-order valence-electron chi connectivity index (χ0n) is 15.3. The lowest BCUT2D eigenvalue weighted by molar-refractivity contribution is 0.137. The molecule has 2 fully saturated rings. The van der Waals surface area contributed by atoms with Crippen LogP contribution in [-0.4, -0.2) is 49.0 Å². The molecule has 3 atom stereocenters. The Balaban J connectivity index is 1.68. The van der Waals surface area contributed by atoms with Crippen LogP contribution in [0.15, 0.2) is 30.4 Å². The normalized spacial score (nSPS) is 31.8. The summed E-state index contributed by atoms with van der Waals surface area (Å²) in [4.78, 5) is 2.38. The first kappa shape index (κ1) is 16.9. The van der Waals surface area contributed by atoms with Crippen LogP contribution in [0.2, 0.25) is 0 Å². The first-order valence-corrected chi connectivity index (χ1v) is 9.60. The number of aliphatic hydroxyl groups is 1. The molecule has 25 heavy (non-hydrogen) atoms. The fraction of sp³-hybridized carbons (Fsp3) is 0.619. The van der Waals surface area contributed by atoms with E-state index < -0.39 is 0 Å². The Labute approximate surface area is 150 Å². The van der Waals surface area contributed by atoms with Gasteiger partial charge in [-0.05, 0) is 69.8 Å². The van der Waals surface area contributed by atoms with Crippen molar-refractivity contribution in [2.45, 2.75) is 50.2 Å². The van der Waals surface area contributed by atoms with Gasteiger partial charge >= 0.3 is 0 Å². The molecule has 0 amide bonds. The van der Waals surface area contributed by atoms with Crippen LogP contribution in [-0.2, 0) is 5.41 Å². The van der Waals surface area contributed by atoms with E-state index in [-0.39, 0.29) is 11.5 Å². The number of hydrogen-bond acceptors (Lipinski definition) is 4. The number of rotatable bonds is 6. The smallest absolute Gasteiger partial charge is 0.161 e. The van der Waals surface area contributed by atoms with E-state index in [1.807, 2.05) is 13.0 Å². The second-order valence-corrected chi connectivity index (χ2v) is 7.80. The Kier molecular flexibility index (Phi) is 4.50. The predicted octanol–water partition coefficient (Wildman–Crippen LogP) is 3.14. The molecular formula is C21H29NO3. The number of fused-ring (bicyclic) bond motifs is 1. The molecule has 4 heteroatoms. The Morgan fingerprint density at radius 3 is 2.84 bits per heavy atom. The Morgan fingerprint density at radius 1 is 1.24 bits per heavy atom. The quantitative estimate of drug-likeness (QED) is 0.806. The van der Waals surface area contributed by atoms with Crippen molar-refractivity contribution in [2.75, 3.05) is 26.8 Å². The number of aliphatic hydroxyl groups excluding tert-OH is 1. The molecule has 0 aromatic heterocycles. The molecule has 1 N–H and O–H groups in total. The molecule has 1 saturated heterocycles. The van der Waals surface area contributed by atoms with Crippen molar-refractivity contribution in [3.8, 4) is 11.5 Å². The van der Waals surface area contributed by atoms with Crippen LogP contribution in [0.3, 0.4) is 0 Å². The number of hydrogen-bond donors (Lipinski definition) is 1. The monoisotopic (exact) mass is 343 g/mol. The Morgan fingerprint density at radius 2 is 2.08 bits per heavy atom. The summed E-state index contributed by atoms with van der Waals surface area (Å²) in [5, 5.41) is 10.1. The van der Waals surface area contributed by atoms with E-state index in [1.165, 1.54) is 18.4 Å². The minimum Gasteiger partial charge on any atom is -0.490 e. The molecule has 0 spiro atoms. The molecule has 0 radical (unpaired) electrons. The van der Waals surface area contributed by atoms with Gasteiger partial charge in [0, 0.05) is 11.5 Å². The lowest BCUT2D eigenvalue weighted by atomic mass is 9.69. The highest BCUT2D eigenvalue weighted by Crippen LogP contribution is 2.47. The first-order valence-electron chi connectivity index (χ1n) is 9.60. The highest BCUT2D eigenvalue weighted by atomic mass is 16.5. The number of benzene rings is 1. The second kappa shape index (κ2) is 6.65. The molecular weight excluding hydrogens is 314 g/mol. The van der Waals surface area contributed by atoms with E-state index in [1.54, 1.807) is 0 Å². The Bertz CT molecular complexity index is 655. The van der Waals surface area contributed by atoms with Gasteiger partial charge in [0.1, 0.15) is 0 Å². The summed E-state index contributed by atoms with van der Waals surface area (Å²) in [5.74, 6) is 2.42. The van der Waals surface area contributed by atoms with Crippen molar-refractivity contribution < 1.29 is 14.6 Å². The molecule has 1 aromatic carbocycles. The van der Waals surface area contributed by atoms with Crippen LogP contribution in [0.1, 0.15) is 38.2 Å². The minimum absolute atomic E-state index is 0.0313. The van der Waals surface area contributed by atoms with Gasteiger partial charge in [0.05, 0.1) is 19.3 Å². The summed E-state index contributed by atoms with van der Waals surface area (Å²) in [6, 6.07) is 6.76. The molecule has 4 nitrogen and oxygen atoms in total. The summed E-state index contributed by atoms with van der Waals surface area (Å²) >= 11 is 0. The van der Waals surface area contributed by atoms with Crippen LogP contribution in [0.4, 0.5) is 0 Å². The standard InChI is InChI=1S/C21H29NO3/c1-3-24-18-7-6-16(12-19(18)25-14-15-4-5-15)21-9-8-17(23)13-20(21)22(2)11-10-21/h6-9,12,15,17,20,23H,3-5,10-11,13-14H2,1-2H3/t17-,20-,21-/m0/s1. The zero-order valence-corrected chi connectivity index (χ0v) is 15.3. The average Bonchev–Trinajstić information content (AvgIpc) is 3.39. The highest BCUT2D eigenvalue weighted by molar-refractivity contribution is 5.49. The largest absolute Gasteiger partial charge is 0.490 e. The maximum Gasteiger partial charge on any atom is 0.161 e. The van der Waals surface area contributed by atoms with Gasteiger partial charge in [-0.3, -0.25) is 0 Å². The van der Waals surface area contributed by atoms with Gasteiger partial charge in [-0.15, -0.1) is 0 Å². The molecule has 1 aromatic rings. The van der Waals surface area contributed by atoms with Gasteiger partial charge in [-0.2, -0.15) is 0 Å². The summed E-state index contributed by atoms with van der Waals surface area (Å²) in [6.45, 7) is 4.48. The van der Waals surface area contributed by atoms with Crippen molar-refractivity contribution >= 4 is 0 Å². The first-order chi connectivity index (χ1) is 12.1. The van der Waals surface area contributed by atoms with E-state index in [9.17, 15) is 5.11 Å². The number of ether oxygens (including phenoxy) is 2. The molecule has 0 unspecified atom stereocenters. The fourth-order valence-electron chi connectivity index (χ4n) is 4.36. The maximum absolute atomic E-state index is 10.1. The average molecular weight is 343 g/mol. The third-order valence-electron chi connectivity index (χ3n) is 6.04. The van der Waals surface area contributed by atoms with Crippen LogP contribution in [0, 0.1) is 5.92 Å². The predicted molar refractivity (Wildman–Crippen MR) is 98.3 cm³/mol. The third-order valence-corrected chi connectivity index (χ3v) is 6.04. The highest BCUT2D eigenvalue weighted by Gasteiger charge is 2.48. The van der Waals surface area contributed by atoms with Gasteiger partial charge in [0.2, 0.25) is 0 Å². The molecule has 0 bridgehead atoms. The lowest BCUT2D eigenvalue weighted by Crippen LogP contribution is -2.44. The number of likely N-dealkylation sites (N-methyl/N-ethyl adjacent to an activating group) is 1. The summed E-state index contributed by atoms with van der Waals surface area (Å²) in [5.41, 5.74) is 1.25. The molecule has 2 aliphatic carbocycles. The van der Waals surface area contributed by atoms with Gasteiger partial charge in [-0.25, -0.2) is 0 Å².